The van der Waals surface area contributed by atoms with Gasteiger partial charge in [0.2, 0.25) is 17.6 Å². The van der Waals surface area contributed by atoms with Crippen molar-refractivity contribution in [3.05, 3.63) is 24.1 Å². The lowest BCUT2D eigenvalue weighted by atomic mass is 9.93. The fourth-order valence-electron chi connectivity index (χ4n) is 4.59. The second-order valence-electron chi connectivity index (χ2n) is 8.66. The van der Waals surface area contributed by atoms with E-state index in [1.54, 1.807) is 14.2 Å². The maximum atomic E-state index is 12.9. The van der Waals surface area contributed by atoms with Gasteiger partial charge in [-0.25, -0.2) is 0 Å². The quantitative estimate of drug-likeness (QED) is 0.699. The molecule has 168 valence electrons. The van der Waals surface area contributed by atoms with Gasteiger partial charge >= 0.3 is 0 Å². The van der Waals surface area contributed by atoms with Crippen LogP contribution in [0.5, 0.6) is 11.5 Å². The first-order chi connectivity index (χ1) is 15.1. The third-order valence-corrected chi connectivity index (χ3v) is 6.37. The van der Waals surface area contributed by atoms with Crippen molar-refractivity contribution in [2.75, 3.05) is 40.4 Å². The van der Waals surface area contributed by atoms with Crippen molar-refractivity contribution < 1.29 is 18.8 Å². The van der Waals surface area contributed by atoms with Crippen molar-refractivity contribution in [3.63, 3.8) is 0 Å². The van der Waals surface area contributed by atoms with E-state index in [-0.39, 0.29) is 5.92 Å². The van der Waals surface area contributed by atoms with E-state index in [9.17, 15) is 4.79 Å². The highest BCUT2D eigenvalue weighted by Crippen LogP contribution is 2.31. The SMILES string of the molecule is COc1ccc(-c2noc(CN3CCC(C(=O)N4CCCC(C)C4)CC3)n2)cc1OC. The molecule has 1 amide bonds. The maximum absolute atomic E-state index is 12.9. The van der Waals surface area contributed by atoms with Crippen LogP contribution in [-0.2, 0) is 11.3 Å². The number of amides is 1. The van der Waals surface area contributed by atoms with Crippen LogP contribution in [0.2, 0.25) is 0 Å². The Balaban J connectivity index is 1.31. The van der Waals surface area contributed by atoms with Gasteiger partial charge in [0.1, 0.15) is 0 Å². The largest absolute Gasteiger partial charge is 0.493 e. The summed E-state index contributed by atoms with van der Waals surface area (Å²) in [7, 11) is 3.21. The summed E-state index contributed by atoms with van der Waals surface area (Å²) >= 11 is 0. The van der Waals surface area contributed by atoms with Gasteiger partial charge in [0.05, 0.1) is 20.8 Å². The van der Waals surface area contributed by atoms with E-state index in [0.29, 0.717) is 41.6 Å². The molecule has 1 aromatic carbocycles. The molecule has 0 N–H and O–H groups in total. The van der Waals surface area contributed by atoms with Crippen LogP contribution in [0.1, 0.15) is 38.5 Å². The van der Waals surface area contributed by atoms with Crippen LogP contribution >= 0.6 is 0 Å². The van der Waals surface area contributed by atoms with E-state index in [2.05, 4.69) is 26.9 Å². The molecule has 0 bridgehead atoms. The number of carbonyl (C=O) groups is 1. The van der Waals surface area contributed by atoms with Gasteiger partial charge in [-0.1, -0.05) is 12.1 Å². The highest BCUT2D eigenvalue weighted by atomic mass is 16.5. The summed E-state index contributed by atoms with van der Waals surface area (Å²) in [6.45, 7) is 6.41. The van der Waals surface area contributed by atoms with Crippen LogP contribution in [0, 0.1) is 11.8 Å². The third kappa shape index (κ3) is 5.01. The molecule has 2 aromatic rings. The molecule has 8 nitrogen and oxygen atoms in total. The summed E-state index contributed by atoms with van der Waals surface area (Å²) in [6, 6.07) is 5.55. The number of hydrogen-bond acceptors (Lipinski definition) is 7. The summed E-state index contributed by atoms with van der Waals surface area (Å²) in [5.41, 5.74) is 0.813. The van der Waals surface area contributed by atoms with Gasteiger partial charge in [-0.3, -0.25) is 9.69 Å². The Hall–Kier alpha value is -2.61. The molecule has 2 aliphatic heterocycles. The minimum Gasteiger partial charge on any atom is -0.493 e. The lowest BCUT2D eigenvalue weighted by Crippen LogP contribution is -2.45. The van der Waals surface area contributed by atoms with E-state index in [0.717, 1.165) is 51.0 Å². The second-order valence-corrected chi connectivity index (χ2v) is 8.66. The first-order valence-corrected chi connectivity index (χ1v) is 11.1. The zero-order valence-corrected chi connectivity index (χ0v) is 18.7. The maximum Gasteiger partial charge on any atom is 0.241 e. The summed E-state index contributed by atoms with van der Waals surface area (Å²) in [4.78, 5) is 21.8. The average Bonchev–Trinajstić information content (AvgIpc) is 3.27. The Morgan fingerprint density at radius 1 is 1.13 bits per heavy atom. The predicted molar refractivity (Wildman–Crippen MR) is 116 cm³/mol. The first-order valence-electron chi connectivity index (χ1n) is 11.1. The number of methoxy groups -OCH3 is 2. The lowest BCUT2D eigenvalue weighted by Gasteiger charge is -2.36. The molecule has 4 rings (SSSR count). The van der Waals surface area contributed by atoms with Crippen LogP contribution in [-0.4, -0.2) is 66.2 Å². The summed E-state index contributed by atoms with van der Waals surface area (Å²) in [5.74, 6) is 3.51. The van der Waals surface area contributed by atoms with Gasteiger partial charge in [-0.15, -0.1) is 0 Å². The minimum atomic E-state index is 0.145. The summed E-state index contributed by atoms with van der Waals surface area (Å²) in [5, 5.41) is 4.12. The molecule has 0 spiro atoms. The van der Waals surface area contributed by atoms with Gasteiger partial charge in [-0.2, -0.15) is 4.98 Å². The van der Waals surface area contributed by atoms with Crippen molar-refractivity contribution in [1.29, 1.82) is 0 Å². The minimum absolute atomic E-state index is 0.145. The third-order valence-electron chi connectivity index (χ3n) is 6.37. The van der Waals surface area contributed by atoms with E-state index >= 15 is 0 Å². The van der Waals surface area contributed by atoms with Crippen molar-refractivity contribution in [1.82, 2.24) is 19.9 Å². The number of aromatic nitrogens is 2. The molecule has 0 saturated carbocycles. The highest BCUT2D eigenvalue weighted by molar-refractivity contribution is 5.79. The Bertz CT molecular complexity index is 891. The molecule has 0 radical (unpaired) electrons. The topological polar surface area (TPSA) is 80.9 Å². The Morgan fingerprint density at radius 2 is 1.90 bits per heavy atom. The molecule has 1 aromatic heterocycles. The van der Waals surface area contributed by atoms with E-state index in [4.69, 9.17) is 14.0 Å². The molecule has 8 heteroatoms. The number of likely N-dealkylation sites (tertiary alicyclic amines) is 2. The molecular weight excluding hydrogens is 396 g/mol. The first kappa shape index (κ1) is 21.6. The zero-order valence-electron chi connectivity index (χ0n) is 18.7. The number of carbonyl (C=O) groups excluding carboxylic acids is 1. The van der Waals surface area contributed by atoms with Gasteiger partial charge < -0.3 is 18.9 Å². The van der Waals surface area contributed by atoms with Crippen LogP contribution in [0.3, 0.4) is 0 Å². The van der Waals surface area contributed by atoms with Gasteiger partial charge in [0, 0.05) is 24.6 Å². The number of ether oxygens (including phenoxy) is 2. The van der Waals surface area contributed by atoms with Crippen LogP contribution in [0.4, 0.5) is 0 Å². The van der Waals surface area contributed by atoms with Gasteiger partial charge in [0.25, 0.3) is 0 Å². The standard InChI is InChI=1S/C23H32N4O4/c1-16-5-4-10-27(14-16)23(28)17-8-11-26(12-9-17)15-21-24-22(25-31-21)18-6-7-19(29-2)20(13-18)30-3/h6-7,13,16-17H,4-5,8-12,14-15H2,1-3H3. The number of nitrogens with zero attached hydrogens (tertiary/aromatic N) is 4. The van der Waals surface area contributed by atoms with Gasteiger partial charge in [0.15, 0.2) is 11.5 Å². The zero-order chi connectivity index (χ0) is 21.8. The Kier molecular flexibility index (Phi) is 6.75. The van der Waals surface area contributed by atoms with E-state index < -0.39 is 0 Å². The molecule has 2 fully saturated rings. The highest BCUT2D eigenvalue weighted by Gasteiger charge is 2.31. The molecule has 31 heavy (non-hydrogen) atoms. The fourth-order valence-corrected chi connectivity index (χ4v) is 4.59. The van der Waals surface area contributed by atoms with Crippen LogP contribution in [0.25, 0.3) is 11.4 Å². The van der Waals surface area contributed by atoms with E-state index in [1.807, 2.05) is 18.2 Å². The second kappa shape index (κ2) is 9.68. The monoisotopic (exact) mass is 428 g/mol. The van der Waals surface area contributed by atoms with Crippen LogP contribution in [0.15, 0.2) is 22.7 Å². The molecule has 1 unspecified atom stereocenters. The molecule has 1 atom stereocenters. The molecule has 3 heterocycles. The molecule has 2 saturated heterocycles. The number of benzene rings is 1. The van der Waals surface area contributed by atoms with Crippen molar-refractivity contribution >= 4 is 5.91 Å². The van der Waals surface area contributed by atoms with Gasteiger partial charge in [-0.05, 0) is 62.9 Å². The average molecular weight is 429 g/mol. The lowest BCUT2D eigenvalue weighted by molar-refractivity contribution is -0.138. The molecular formula is C23H32N4O4. The van der Waals surface area contributed by atoms with E-state index in [1.165, 1.54) is 6.42 Å². The van der Waals surface area contributed by atoms with Crippen molar-refractivity contribution in [3.8, 4) is 22.9 Å². The Labute approximate surface area is 183 Å². The molecule has 2 aliphatic rings. The fraction of sp³-hybridized carbons (Fsp3) is 0.609. The van der Waals surface area contributed by atoms with Crippen molar-refractivity contribution in [2.45, 2.75) is 39.2 Å². The van der Waals surface area contributed by atoms with Crippen LogP contribution < -0.4 is 9.47 Å². The van der Waals surface area contributed by atoms with Crippen molar-refractivity contribution in [2.24, 2.45) is 11.8 Å². The smallest absolute Gasteiger partial charge is 0.241 e. The number of rotatable bonds is 6. The predicted octanol–water partition coefficient (Wildman–Crippen LogP) is 3.22. The normalized spacial score (nSPS) is 20.6. The Morgan fingerprint density at radius 3 is 2.61 bits per heavy atom. The number of hydrogen-bond donors (Lipinski definition) is 0. The molecule has 0 aliphatic carbocycles. The summed E-state index contributed by atoms with van der Waals surface area (Å²) < 4.78 is 16.1. The number of piperidine rings is 2. The summed E-state index contributed by atoms with van der Waals surface area (Å²) in [6.07, 6.45) is 4.14.